The van der Waals surface area contributed by atoms with Gasteiger partial charge in [0, 0.05) is 6.42 Å². The molecular weight excluding hydrogens is 364 g/mol. The lowest BCUT2D eigenvalue weighted by molar-refractivity contribution is -0.137. The van der Waals surface area contributed by atoms with Gasteiger partial charge in [0.1, 0.15) is 0 Å². The number of benzene rings is 1. The van der Waals surface area contributed by atoms with Crippen LogP contribution in [0.4, 0.5) is 0 Å². The summed E-state index contributed by atoms with van der Waals surface area (Å²) < 4.78 is 6.08. The van der Waals surface area contributed by atoms with Crippen molar-refractivity contribution >= 4 is 5.97 Å². The molecular formula is C25H42O4. The Kier molecular flexibility index (Phi) is 15.4. The molecule has 0 amide bonds. The summed E-state index contributed by atoms with van der Waals surface area (Å²) in [6.07, 6.45) is 14.1. The SMILES string of the molecule is CCCCCCCCCCCCC(CC(O)CCC(=O)O)OCc1ccccc1. The van der Waals surface area contributed by atoms with Gasteiger partial charge in [-0.2, -0.15) is 0 Å². The predicted octanol–water partition coefficient (Wildman–Crippen LogP) is 6.50. The Morgan fingerprint density at radius 3 is 2.07 bits per heavy atom. The topological polar surface area (TPSA) is 66.8 Å². The largest absolute Gasteiger partial charge is 0.481 e. The Hall–Kier alpha value is -1.39. The molecule has 2 unspecified atom stereocenters. The molecule has 0 spiro atoms. The van der Waals surface area contributed by atoms with Crippen LogP contribution in [0.25, 0.3) is 0 Å². The molecule has 2 N–H and O–H groups in total. The van der Waals surface area contributed by atoms with Crippen molar-refractivity contribution in [1.82, 2.24) is 0 Å². The Labute approximate surface area is 177 Å². The molecule has 0 saturated carbocycles. The third-order valence-electron chi connectivity index (χ3n) is 5.43. The normalized spacial score (nSPS) is 13.3. The highest BCUT2D eigenvalue weighted by molar-refractivity contribution is 5.66. The third kappa shape index (κ3) is 15.2. The summed E-state index contributed by atoms with van der Waals surface area (Å²) in [6.45, 7) is 2.79. The molecule has 2 atom stereocenters. The van der Waals surface area contributed by atoms with Crippen molar-refractivity contribution in [3.05, 3.63) is 35.9 Å². The fourth-order valence-electron chi connectivity index (χ4n) is 3.63. The van der Waals surface area contributed by atoms with Crippen molar-refractivity contribution in [2.24, 2.45) is 0 Å². The number of aliphatic carboxylic acids is 1. The molecule has 0 aliphatic carbocycles. The Morgan fingerprint density at radius 2 is 1.48 bits per heavy atom. The molecule has 4 heteroatoms. The first kappa shape index (κ1) is 25.6. The molecule has 0 fully saturated rings. The van der Waals surface area contributed by atoms with Crippen LogP contribution in [0, 0.1) is 0 Å². The number of unbranched alkanes of at least 4 members (excludes halogenated alkanes) is 9. The first-order valence-electron chi connectivity index (χ1n) is 11.7. The van der Waals surface area contributed by atoms with Gasteiger partial charge >= 0.3 is 5.97 Å². The predicted molar refractivity (Wildman–Crippen MR) is 119 cm³/mol. The summed E-state index contributed by atoms with van der Waals surface area (Å²) in [5.74, 6) is -0.861. The zero-order chi connectivity index (χ0) is 21.2. The number of aliphatic hydroxyl groups is 1. The van der Waals surface area contributed by atoms with E-state index in [0.717, 1.165) is 18.4 Å². The standard InChI is InChI=1S/C25H42O4/c1-2-3-4-5-6-7-8-9-10-14-17-24(20-23(26)18-19-25(27)28)29-21-22-15-12-11-13-16-22/h11-13,15-16,23-24,26H,2-10,14,17-21H2,1H3,(H,27,28). The number of rotatable bonds is 19. The van der Waals surface area contributed by atoms with Crippen molar-refractivity contribution < 1.29 is 19.7 Å². The van der Waals surface area contributed by atoms with Crippen LogP contribution < -0.4 is 0 Å². The molecule has 0 radical (unpaired) electrons. The van der Waals surface area contributed by atoms with Crippen molar-refractivity contribution in [3.63, 3.8) is 0 Å². The van der Waals surface area contributed by atoms with Gasteiger partial charge in [-0.05, 0) is 24.8 Å². The van der Waals surface area contributed by atoms with E-state index < -0.39 is 12.1 Å². The summed E-state index contributed by atoms with van der Waals surface area (Å²) in [7, 11) is 0. The number of aliphatic hydroxyl groups excluding tert-OH is 1. The van der Waals surface area contributed by atoms with Crippen LogP contribution in [-0.2, 0) is 16.1 Å². The average Bonchev–Trinajstić information content (AvgIpc) is 2.72. The molecule has 4 nitrogen and oxygen atoms in total. The van der Waals surface area contributed by atoms with E-state index in [0.29, 0.717) is 19.4 Å². The van der Waals surface area contributed by atoms with Crippen LogP contribution in [0.2, 0.25) is 0 Å². The zero-order valence-electron chi connectivity index (χ0n) is 18.4. The second kappa shape index (κ2) is 17.5. The van der Waals surface area contributed by atoms with Crippen molar-refractivity contribution in [3.8, 4) is 0 Å². The Morgan fingerprint density at radius 1 is 0.897 bits per heavy atom. The van der Waals surface area contributed by atoms with Gasteiger partial charge in [0.2, 0.25) is 0 Å². The lowest BCUT2D eigenvalue weighted by atomic mass is 10.0. The van der Waals surface area contributed by atoms with Crippen LogP contribution in [-0.4, -0.2) is 28.4 Å². The maximum absolute atomic E-state index is 10.7. The number of carbonyl (C=O) groups is 1. The van der Waals surface area contributed by atoms with Gasteiger partial charge in [0.15, 0.2) is 0 Å². The van der Waals surface area contributed by atoms with Crippen molar-refractivity contribution in [2.45, 2.75) is 116 Å². The highest BCUT2D eigenvalue weighted by Gasteiger charge is 2.16. The summed E-state index contributed by atoms with van der Waals surface area (Å²) >= 11 is 0. The van der Waals surface area contributed by atoms with E-state index in [1.54, 1.807) is 0 Å². The van der Waals surface area contributed by atoms with E-state index in [1.807, 2.05) is 30.3 Å². The molecule has 1 rings (SSSR count). The van der Waals surface area contributed by atoms with E-state index in [1.165, 1.54) is 57.8 Å². The third-order valence-corrected chi connectivity index (χ3v) is 5.43. The molecule has 0 saturated heterocycles. The van der Waals surface area contributed by atoms with Crippen LogP contribution in [0.1, 0.15) is 102 Å². The molecule has 1 aromatic rings. The molecule has 0 bridgehead atoms. The monoisotopic (exact) mass is 406 g/mol. The van der Waals surface area contributed by atoms with E-state index in [4.69, 9.17) is 9.84 Å². The van der Waals surface area contributed by atoms with Crippen LogP contribution in [0.5, 0.6) is 0 Å². The van der Waals surface area contributed by atoms with Gasteiger partial charge in [0.25, 0.3) is 0 Å². The second-order valence-corrected chi connectivity index (χ2v) is 8.21. The summed E-state index contributed by atoms with van der Waals surface area (Å²) in [4.78, 5) is 10.7. The fourth-order valence-corrected chi connectivity index (χ4v) is 3.63. The van der Waals surface area contributed by atoms with Gasteiger partial charge in [0.05, 0.1) is 18.8 Å². The number of hydrogen-bond acceptors (Lipinski definition) is 3. The van der Waals surface area contributed by atoms with Crippen LogP contribution in [0.15, 0.2) is 30.3 Å². The molecule has 0 aliphatic rings. The maximum Gasteiger partial charge on any atom is 0.303 e. The van der Waals surface area contributed by atoms with E-state index >= 15 is 0 Å². The molecule has 29 heavy (non-hydrogen) atoms. The maximum atomic E-state index is 10.7. The van der Waals surface area contributed by atoms with Crippen molar-refractivity contribution in [2.75, 3.05) is 0 Å². The summed E-state index contributed by atoms with van der Waals surface area (Å²) in [5.41, 5.74) is 1.13. The first-order valence-corrected chi connectivity index (χ1v) is 11.7. The first-order chi connectivity index (χ1) is 14.1. The van der Waals surface area contributed by atoms with Crippen molar-refractivity contribution in [1.29, 1.82) is 0 Å². The second-order valence-electron chi connectivity index (χ2n) is 8.21. The van der Waals surface area contributed by atoms with Gasteiger partial charge in [-0.3, -0.25) is 4.79 Å². The average molecular weight is 407 g/mol. The van der Waals surface area contributed by atoms with Crippen LogP contribution >= 0.6 is 0 Å². The summed E-state index contributed by atoms with van der Waals surface area (Å²) in [6, 6.07) is 10.1. The number of carboxylic acids is 1. The lowest BCUT2D eigenvalue weighted by Crippen LogP contribution is -2.22. The van der Waals surface area contributed by atoms with Gasteiger partial charge in [-0.15, -0.1) is 0 Å². The number of hydrogen-bond donors (Lipinski definition) is 2. The zero-order valence-corrected chi connectivity index (χ0v) is 18.4. The highest BCUT2D eigenvalue weighted by atomic mass is 16.5. The van der Waals surface area contributed by atoms with Gasteiger partial charge in [-0.1, -0.05) is 101 Å². The molecule has 0 heterocycles. The quantitative estimate of drug-likeness (QED) is 0.257. The molecule has 0 aliphatic heterocycles. The minimum Gasteiger partial charge on any atom is -0.481 e. The minimum absolute atomic E-state index is 0.00479. The summed E-state index contributed by atoms with van der Waals surface area (Å²) in [5, 5.41) is 19.0. The van der Waals surface area contributed by atoms with Gasteiger partial charge < -0.3 is 14.9 Å². The smallest absolute Gasteiger partial charge is 0.303 e. The Bertz CT molecular complexity index is 503. The number of carboxylic acid groups (broad SMARTS) is 1. The minimum atomic E-state index is -0.861. The van der Waals surface area contributed by atoms with Crippen LogP contribution in [0.3, 0.4) is 0 Å². The molecule has 166 valence electrons. The van der Waals surface area contributed by atoms with E-state index in [-0.39, 0.29) is 12.5 Å². The van der Waals surface area contributed by atoms with E-state index in [9.17, 15) is 9.90 Å². The Balaban J connectivity index is 2.25. The lowest BCUT2D eigenvalue weighted by Gasteiger charge is -2.21. The highest BCUT2D eigenvalue weighted by Crippen LogP contribution is 2.18. The molecule has 0 aromatic heterocycles. The van der Waals surface area contributed by atoms with Gasteiger partial charge in [-0.25, -0.2) is 0 Å². The fraction of sp³-hybridized carbons (Fsp3) is 0.720. The molecule has 1 aromatic carbocycles. The number of ether oxygens (including phenoxy) is 1. The van der Waals surface area contributed by atoms with E-state index in [2.05, 4.69) is 6.92 Å².